The molecule has 2 aliphatic heterocycles. The summed E-state index contributed by atoms with van der Waals surface area (Å²) < 4.78 is 5.62. The summed E-state index contributed by atoms with van der Waals surface area (Å²) in [5, 5.41) is 0. The first-order valence-electron chi connectivity index (χ1n) is 9.16. The van der Waals surface area contributed by atoms with Crippen molar-refractivity contribution in [3.8, 4) is 5.75 Å². The molecule has 0 radical (unpaired) electrons. The zero-order chi connectivity index (χ0) is 17.2. The van der Waals surface area contributed by atoms with Gasteiger partial charge in [-0.2, -0.15) is 0 Å². The Hall–Kier alpha value is -2.14. The molecule has 3 heterocycles. The predicted molar refractivity (Wildman–Crippen MR) is 96.1 cm³/mol. The number of fused-ring (bicyclic) bond motifs is 1. The van der Waals surface area contributed by atoms with Crippen LogP contribution in [-0.4, -0.2) is 46.9 Å². The summed E-state index contributed by atoms with van der Waals surface area (Å²) in [7, 11) is 0. The number of aryl methyl sites for hydroxylation is 2. The zero-order valence-electron chi connectivity index (χ0n) is 14.7. The lowest BCUT2D eigenvalue weighted by atomic mass is 9.93. The maximum Gasteiger partial charge on any atom is 0.133 e. The van der Waals surface area contributed by atoms with Gasteiger partial charge in [-0.15, -0.1) is 0 Å². The molecular weight excluding hydrogens is 314 g/mol. The monoisotopic (exact) mass is 339 g/mol. The average Bonchev–Trinajstić information content (AvgIpc) is 3.32. The minimum absolute atomic E-state index is 0.435. The number of imidazole rings is 1. The summed E-state index contributed by atoms with van der Waals surface area (Å²) >= 11 is 0. The Balaban J connectivity index is 1.45. The number of aromatic amines is 1. The number of carbonyl (C=O) groups excluding carboxylic acids is 1. The largest absolute Gasteiger partial charge is 0.493 e. The molecule has 1 N–H and O–H groups in total. The van der Waals surface area contributed by atoms with Crippen LogP contribution in [0.5, 0.6) is 5.75 Å². The lowest BCUT2D eigenvalue weighted by molar-refractivity contribution is -0.109. The highest BCUT2D eigenvalue weighted by molar-refractivity contribution is 5.52. The molecular formula is C20H25N3O2. The van der Waals surface area contributed by atoms with Crippen LogP contribution in [0.25, 0.3) is 0 Å². The van der Waals surface area contributed by atoms with Gasteiger partial charge in [-0.05, 0) is 42.9 Å². The second-order valence-corrected chi connectivity index (χ2v) is 7.22. The smallest absolute Gasteiger partial charge is 0.133 e. The first-order valence-corrected chi connectivity index (χ1v) is 9.16. The summed E-state index contributed by atoms with van der Waals surface area (Å²) in [5.41, 5.74) is 3.81. The minimum Gasteiger partial charge on any atom is -0.493 e. The average molecular weight is 339 g/mol. The van der Waals surface area contributed by atoms with E-state index < -0.39 is 0 Å². The lowest BCUT2D eigenvalue weighted by Crippen LogP contribution is -2.31. The summed E-state index contributed by atoms with van der Waals surface area (Å²) in [4.78, 5) is 21.1. The van der Waals surface area contributed by atoms with E-state index in [1.807, 2.05) is 13.1 Å². The van der Waals surface area contributed by atoms with Crippen molar-refractivity contribution in [1.29, 1.82) is 0 Å². The van der Waals surface area contributed by atoms with Crippen molar-refractivity contribution in [3.63, 3.8) is 0 Å². The van der Waals surface area contributed by atoms with Crippen molar-refractivity contribution in [2.45, 2.75) is 44.6 Å². The van der Waals surface area contributed by atoms with Crippen molar-refractivity contribution < 1.29 is 9.53 Å². The minimum atomic E-state index is 0.435. The molecule has 5 heteroatoms. The van der Waals surface area contributed by atoms with E-state index in [1.54, 1.807) is 0 Å². The molecule has 132 valence electrons. The normalized spacial score (nSPS) is 22.8. The van der Waals surface area contributed by atoms with E-state index in [2.05, 4.69) is 33.1 Å². The van der Waals surface area contributed by atoms with Gasteiger partial charge in [0.25, 0.3) is 0 Å². The van der Waals surface area contributed by atoms with Gasteiger partial charge in [-0.3, -0.25) is 4.90 Å². The number of H-pyrrole nitrogens is 1. The molecule has 4 rings (SSSR count). The number of carbonyl (C=O) groups is 1. The third-order valence-electron chi connectivity index (χ3n) is 5.49. The van der Waals surface area contributed by atoms with E-state index in [1.165, 1.54) is 11.1 Å². The highest BCUT2D eigenvalue weighted by Crippen LogP contribution is 2.36. The molecule has 0 amide bonds. The van der Waals surface area contributed by atoms with Crippen molar-refractivity contribution in [1.82, 2.24) is 14.9 Å². The Bertz CT molecular complexity index is 755. The van der Waals surface area contributed by atoms with Gasteiger partial charge >= 0.3 is 0 Å². The summed E-state index contributed by atoms with van der Waals surface area (Å²) in [6, 6.07) is 7.06. The summed E-state index contributed by atoms with van der Waals surface area (Å²) in [5.74, 6) is 2.58. The van der Waals surface area contributed by atoms with E-state index in [0.29, 0.717) is 18.5 Å². The fraction of sp³-hybridized carbons (Fsp3) is 0.500. The fourth-order valence-electron chi connectivity index (χ4n) is 4.20. The number of hydrogen-bond donors (Lipinski definition) is 1. The Labute approximate surface area is 148 Å². The first kappa shape index (κ1) is 16.3. The Morgan fingerprint density at radius 1 is 1.44 bits per heavy atom. The number of nitrogens with zero attached hydrogens (tertiary/aromatic N) is 2. The third kappa shape index (κ3) is 3.47. The van der Waals surface area contributed by atoms with Crippen LogP contribution in [0.1, 0.15) is 41.4 Å². The quantitative estimate of drug-likeness (QED) is 0.822. The number of aldehydes is 1. The molecule has 5 nitrogen and oxygen atoms in total. The first-order chi connectivity index (χ1) is 12.2. The number of nitrogens with one attached hydrogen (secondary N) is 1. The Morgan fingerprint density at radius 3 is 3.16 bits per heavy atom. The molecule has 1 aromatic heterocycles. The number of likely N-dealkylation sites (tertiary alicyclic amines) is 1. The van der Waals surface area contributed by atoms with E-state index >= 15 is 0 Å². The molecule has 2 unspecified atom stereocenters. The third-order valence-corrected chi connectivity index (χ3v) is 5.49. The van der Waals surface area contributed by atoms with Gasteiger partial charge in [-0.25, -0.2) is 4.98 Å². The molecule has 1 aromatic carbocycles. The maximum atomic E-state index is 11.1. The molecule has 2 atom stereocenters. The van der Waals surface area contributed by atoms with Crippen LogP contribution in [0.2, 0.25) is 0 Å². The summed E-state index contributed by atoms with van der Waals surface area (Å²) in [6.45, 7) is 4.30. The standard InChI is InChI=1S/C20H25N3O2/c1-14-12-21-20(22-14)5-3-18-11-17(13-23(18)7-8-24)15-2-4-19-16(10-15)6-9-25-19/h2,4,8,10,12,17-18H,3,5-7,9,11,13H2,1H3,(H,21,22). The molecule has 2 aliphatic rings. The van der Waals surface area contributed by atoms with Gasteiger partial charge in [0.2, 0.25) is 0 Å². The second-order valence-electron chi connectivity index (χ2n) is 7.22. The van der Waals surface area contributed by atoms with Crippen LogP contribution in [0.3, 0.4) is 0 Å². The van der Waals surface area contributed by atoms with E-state index in [4.69, 9.17) is 4.74 Å². The number of hydrogen-bond acceptors (Lipinski definition) is 4. The van der Waals surface area contributed by atoms with Crippen molar-refractivity contribution in [3.05, 3.63) is 47.0 Å². The number of benzene rings is 1. The van der Waals surface area contributed by atoms with Gasteiger partial charge in [0.05, 0.1) is 13.2 Å². The molecule has 0 aliphatic carbocycles. The van der Waals surface area contributed by atoms with E-state index in [9.17, 15) is 4.79 Å². The SMILES string of the molecule is Cc1cnc(CCC2CC(c3ccc4c(c3)CCO4)CN2CC=O)[nH]1. The van der Waals surface area contributed by atoms with Crippen LogP contribution in [-0.2, 0) is 17.6 Å². The van der Waals surface area contributed by atoms with Crippen LogP contribution < -0.4 is 4.74 Å². The van der Waals surface area contributed by atoms with Crippen molar-refractivity contribution >= 4 is 6.29 Å². The number of aromatic nitrogens is 2. The molecule has 1 fully saturated rings. The van der Waals surface area contributed by atoms with Gasteiger partial charge in [0.1, 0.15) is 17.9 Å². The molecule has 0 bridgehead atoms. The Kier molecular flexibility index (Phi) is 4.57. The predicted octanol–water partition coefficient (Wildman–Crippen LogP) is 2.64. The molecule has 25 heavy (non-hydrogen) atoms. The van der Waals surface area contributed by atoms with Gasteiger partial charge in [0.15, 0.2) is 0 Å². The van der Waals surface area contributed by atoms with Gasteiger partial charge in [-0.1, -0.05) is 12.1 Å². The molecule has 1 saturated heterocycles. The Morgan fingerprint density at radius 2 is 2.36 bits per heavy atom. The van der Waals surface area contributed by atoms with E-state index in [-0.39, 0.29) is 0 Å². The number of ether oxygens (including phenoxy) is 1. The van der Waals surface area contributed by atoms with E-state index in [0.717, 1.165) is 62.4 Å². The highest BCUT2D eigenvalue weighted by Gasteiger charge is 2.33. The highest BCUT2D eigenvalue weighted by atomic mass is 16.5. The van der Waals surface area contributed by atoms with Gasteiger partial charge in [0, 0.05) is 37.3 Å². The fourth-order valence-corrected chi connectivity index (χ4v) is 4.20. The number of rotatable bonds is 6. The molecule has 2 aromatic rings. The topological polar surface area (TPSA) is 58.2 Å². The van der Waals surface area contributed by atoms with Crippen molar-refractivity contribution in [2.75, 3.05) is 19.7 Å². The van der Waals surface area contributed by atoms with Crippen molar-refractivity contribution in [2.24, 2.45) is 0 Å². The molecule has 0 saturated carbocycles. The maximum absolute atomic E-state index is 11.1. The lowest BCUT2D eigenvalue weighted by Gasteiger charge is -2.21. The molecule has 0 spiro atoms. The summed E-state index contributed by atoms with van der Waals surface area (Å²) in [6.07, 6.45) is 6.98. The van der Waals surface area contributed by atoms with Gasteiger partial charge < -0.3 is 14.5 Å². The van der Waals surface area contributed by atoms with Crippen LogP contribution in [0.15, 0.2) is 24.4 Å². The zero-order valence-corrected chi connectivity index (χ0v) is 14.7. The van der Waals surface area contributed by atoms with Crippen LogP contribution in [0.4, 0.5) is 0 Å². The van der Waals surface area contributed by atoms with Crippen LogP contribution >= 0.6 is 0 Å². The van der Waals surface area contributed by atoms with Crippen LogP contribution in [0, 0.1) is 6.92 Å². The second kappa shape index (κ2) is 7.00.